The van der Waals surface area contributed by atoms with E-state index in [-0.39, 0.29) is 18.1 Å². The Morgan fingerprint density at radius 2 is 2.41 bits per heavy atom. The van der Waals surface area contributed by atoms with Crippen LogP contribution in [0.4, 0.5) is 0 Å². The number of carbonyl (C=O) groups excluding carboxylic acids is 1. The van der Waals surface area contributed by atoms with Crippen molar-refractivity contribution in [3.05, 3.63) is 18.0 Å². The molecular weight excluding hydrogens is 220 g/mol. The molecule has 0 unspecified atom stereocenters. The number of aromatic nitrogens is 2. The summed E-state index contributed by atoms with van der Waals surface area (Å²) in [7, 11) is 1.37. The van der Waals surface area contributed by atoms with Gasteiger partial charge in [0.25, 0.3) is 0 Å². The minimum atomic E-state index is -0.345. The van der Waals surface area contributed by atoms with Crippen LogP contribution in [-0.2, 0) is 9.47 Å². The second-order valence-corrected chi connectivity index (χ2v) is 4.19. The lowest BCUT2D eigenvalue weighted by molar-refractivity contribution is 0.0365. The molecule has 1 aliphatic rings. The molecule has 94 valence electrons. The second kappa shape index (κ2) is 5.31. The molecule has 1 heterocycles. The highest BCUT2D eigenvalue weighted by molar-refractivity contribution is 5.88. The zero-order valence-electron chi connectivity index (χ0n) is 10.3. The Labute approximate surface area is 101 Å². The Morgan fingerprint density at radius 1 is 1.59 bits per heavy atom. The van der Waals surface area contributed by atoms with E-state index in [0.29, 0.717) is 12.2 Å². The lowest BCUT2D eigenvalue weighted by Gasteiger charge is -2.19. The number of carbonyl (C=O) groups is 1. The molecule has 0 spiro atoms. The summed E-state index contributed by atoms with van der Waals surface area (Å²) in [6.45, 7) is 2.71. The van der Waals surface area contributed by atoms with Gasteiger partial charge in [-0.15, -0.1) is 0 Å². The number of hydrogen-bond acceptors (Lipinski definition) is 4. The first-order valence-electron chi connectivity index (χ1n) is 6.00. The number of methoxy groups -OCH3 is 1. The van der Waals surface area contributed by atoms with Gasteiger partial charge in [-0.25, -0.2) is 4.79 Å². The van der Waals surface area contributed by atoms with Crippen molar-refractivity contribution >= 4 is 5.97 Å². The molecule has 1 aliphatic carbocycles. The monoisotopic (exact) mass is 238 g/mol. The largest absolute Gasteiger partial charge is 0.465 e. The summed E-state index contributed by atoms with van der Waals surface area (Å²) < 4.78 is 12.2. The van der Waals surface area contributed by atoms with Gasteiger partial charge in [-0.05, 0) is 26.2 Å². The highest BCUT2D eigenvalue weighted by Gasteiger charge is 2.30. The maximum Gasteiger partial charge on any atom is 0.341 e. The van der Waals surface area contributed by atoms with Crippen molar-refractivity contribution in [1.82, 2.24) is 9.78 Å². The number of rotatable bonds is 4. The summed E-state index contributed by atoms with van der Waals surface area (Å²) in [4.78, 5) is 11.3. The first-order chi connectivity index (χ1) is 8.26. The fourth-order valence-electron chi connectivity index (χ4n) is 2.36. The zero-order valence-corrected chi connectivity index (χ0v) is 10.3. The first kappa shape index (κ1) is 12.1. The van der Waals surface area contributed by atoms with Gasteiger partial charge in [0.2, 0.25) is 0 Å². The number of ether oxygens (including phenoxy) is 2. The highest BCUT2D eigenvalue weighted by atomic mass is 16.5. The van der Waals surface area contributed by atoms with Gasteiger partial charge in [0.15, 0.2) is 0 Å². The smallest absolute Gasteiger partial charge is 0.341 e. The molecule has 0 radical (unpaired) electrons. The molecule has 0 bridgehead atoms. The summed E-state index contributed by atoms with van der Waals surface area (Å²) in [6, 6.07) is 0.244. The van der Waals surface area contributed by atoms with Crippen molar-refractivity contribution in [1.29, 1.82) is 0 Å². The van der Waals surface area contributed by atoms with E-state index in [1.165, 1.54) is 7.11 Å². The lowest BCUT2D eigenvalue weighted by atomic mass is 10.2. The van der Waals surface area contributed by atoms with Gasteiger partial charge in [0.1, 0.15) is 0 Å². The molecule has 0 amide bonds. The van der Waals surface area contributed by atoms with E-state index in [4.69, 9.17) is 4.74 Å². The molecule has 2 rings (SSSR count). The van der Waals surface area contributed by atoms with Gasteiger partial charge in [0, 0.05) is 12.8 Å². The van der Waals surface area contributed by atoms with Gasteiger partial charge in [0.05, 0.1) is 31.0 Å². The molecule has 1 saturated carbocycles. The molecule has 5 heteroatoms. The summed E-state index contributed by atoms with van der Waals surface area (Å²) >= 11 is 0. The average molecular weight is 238 g/mol. The van der Waals surface area contributed by atoms with E-state index in [1.54, 1.807) is 12.4 Å². The predicted molar refractivity (Wildman–Crippen MR) is 61.9 cm³/mol. The Hall–Kier alpha value is -1.36. The van der Waals surface area contributed by atoms with Gasteiger partial charge < -0.3 is 9.47 Å². The minimum Gasteiger partial charge on any atom is -0.465 e. The Kier molecular flexibility index (Phi) is 3.78. The fourth-order valence-corrected chi connectivity index (χ4v) is 2.36. The maximum absolute atomic E-state index is 11.3. The summed E-state index contributed by atoms with van der Waals surface area (Å²) in [5.74, 6) is -0.345. The number of esters is 1. The first-order valence-corrected chi connectivity index (χ1v) is 6.00. The Bertz CT molecular complexity index is 389. The molecule has 1 aromatic heterocycles. The van der Waals surface area contributed by atoms with E-state index >= 15 is 0 Å². The van der Waals surface area contributed by atoms with E-state index in [2.05, 4.69) is 9.84 Å². The van der Waals surface area contributed by atoms with Crippen LogP contribution >= 0.6 is 0 Å². The Morgan fingerprint density at radius 3 is 3.12 bits per heavy atom. The summed E-state index contributed by atoms with van der Waals surface area (Å²) in [6.07, 6.45) is 6.76. The quantitative estimate of drug-likeness (QED) is 0.750. The molecular formula is C12H18N2O3. The van der Waals surface area contributed by atoms with Crippen LogP contribution in [0, 0.1) is 0 Å². The minimum absolute atomic E-state index is 0.213. The van der Waals surface area contributed by atoms with Crippen LogP contribution in [0.25, 0.3) is 0 Å². The lowest BCUT2D eigenvalue weighted by Crippen LogP contribution is -2.22. The van der Waals surface area contributed by atoms with Gasteiger partial charge >= 0.3 is 5.97 Å². The van der Waals surface area contributed by atoms with Crippen LogP contribution in [-0.4, -0.2) is 35.6 Å². The SMILES string of the molecule is CCO[C@@H]1CCC[C@H]1n1cc(C(=O)OC)cn1. The van der Waals surface area contributed by atoms with Crippen molar-refractivity contribution in [3.8, 4) is 0 Å². The van der Waals surface area contributed by atoms with Crippen molar-refractivity contribution in [3.63, 3.8) is 0 Å². The molecule has 0 N–H and O–H groups in total. The van der Waals surface area contributed by atoms with Crippen molar-refractivity contribution in [2.24, 2.45) is 0 Å². The molecule has 5 nitrogen and oxygen atoms in total. The van der Waals surface area contributed by atoms with Crippen LogP contribution in [0.1, 0.15) is 42.6 Å². The van der Waals surface area contributed by atoms with Crippen molar-refractivity contribution < 1.29 is 14.3 Å². The second-order valence-electron chi connectivity index (χ2n) is 4.19. The third-order valence-corrected chi connectivity index (χ3v) is 3.16. The normalized spacial score (nSPS) is 23.9. The van der Waals surface area contributed by atoms with Crippen LogP contribution in [0.15, 0.2) is 12.4 Å². The highest BCUT2D eigenvalue weighted by Crippen LogP contribution is 2.32. The predicted octanol–water partition coefficient (Wildman–Crippen LogP) is 1.80. The fraction of sp³-hybridized carbons (Fsp3) is 0.667. The standard InChI is InChI=1S/C12H18N2O3/c1-3-17-11-6-4-5-10(11)14-8-9(7-13-14)12(15)16-2/h7-8,10-11H,3-6H2,1-2H3/t10-,11-/m1/s1. The number of nitrogens with zero attached hydrogens (tertiary/aromatic N) is 2. The summed E-state index contributed by atoms with van der Waals surface area (Å²) in [5.41, 5.74) is 0.495. The zero-order chi connectivity index (χ0) is 12.3. The van der Waals surface area contributed by atoms with E-state index in [1.807, 2.05) is 11.6 Å². The topological polar surface area (TPSA) is 53.4 Å². The third-order valence-electron chi connectivity index (χ3n) is 3.16. The van der Waals surface area contributed by atoms with Gasteiger partial charge in [-0.1, -0.05) is 0 Å². The molecule has 0 aliphatic heterocycles. The molecule has 1 aromatic rings. The van der Waals surface area contributed by atoms with Crippen LogP contribution in [0.3, 0.4) is 0 Å². The van der Waals surface area contributed by atoms with E-state index in [9.17, 15) is 4.79 Å². The third kappa shape index (κ3) is 2.49. The molecule has 17 heavy (non-hydrogen) atoms. The average Bonchev–Trinajstić information content (AvgIpc) is 2.96. The van der Waals surface area contributed by atoms with Crippen LogP contribution in [0.5, 0.6) is 0 Å². The number of hydrogen-bond donors (Lipinski definition) is 0. The van der Waals surface area contributed by atoms with Crippen LogP contribution < -0.4 is 0 Å². The van der Waals surface area contributed by atoms with Gasteiger partial charge in [-0.3, -0.25) is 4.68 Å². The molecule has 0 saturated heterocycles. The van der Waals surface area contributed by atoms with E-state index in [0.717, 1.165) is 19.3 Å². The van der Waals surface area contributed by atoms with Crippen molar-refractivity contribution in [2.45, 2.75) is 38.3 Å². The van der Waals surface area contributed by atoms with Gasteiger partial charge in [-0.2, -0.15) is 5.10 Å². The Balaban J connectivity index is 2.11. The van der Waals surface area contributed by atoms with Crippen LogP contribution in [0.2, 0.25) is 0 Å². The molecule has 2 atom stereocenters. The maximum atomic E-state index is 11.3. The molecule has 1 fully saturated rings. The summed E-state index contributed by atoms with van der Waals surface area (Å²) in [5, 5.41) is 4.24. The van der Waals surface area contributed by atoms with Crippen molar-refractivity contribution in [2.75, 3.05) is 13.7 Å². The van der Waals surface area contributed by atoms with E-state index < -0.39 is 0 Å². The molecule has 0 aromatic carbocycles.